The maximum absolute atomic E-state index is 13.4. The fourth-order valence-electron chi connectivity index (χ4n) is 3.55. The molecule has 0 fully saturated rings. The lowest BCUT2D eigenvalue weighted by molar-refractivity contribution is -0.120. The molecule has 0 bridgehead atoms. The number of methoxy groups -OCH3 is 1. The Kier molecular flexibility index (Phi) is 8.36. The number of anilines is 1. The average Bonchev–Trinajstić information content (AvgIpc) is 2.82. The van der Waals surface area contributed by atoms with E-state index in [4.69, 9.17) is 4.74 Å². The van der Waals surface area contributed by atoms with Crippen molar-refractivity contribution in [3.63, 3.8) is 0 Å². The SMILES string of the molecule is CCC(NC(=O)CN(c1ccc(I)cc1)S(=O)(=O)c1ccccc1)c1ccc(OC)c(C)c1. The highest BCUT2D eigenvalue weighted by molar-refractivity contribution is 14.1. The molecular formula is C25H27IN2O4S. The van der Waals surface area contributed by atoms with Crippen LogP contribution in [0, 0.1) is 10.5 Å². The van der Waals surface area contributed by atoms with Crippen molar-refractivity contribution in [2.24, 2.45) is 0 Å². The minimum absolute atomic E-state index is 0.133. The van der Waals surface area contributed by atoms with Gasteiger partial charge in [0.25, 0.3) is 10.0 Å². The largest absolute Gasteiger partial charge is 0.496 e. The van der Waals surface area contributed by atoms with Gasteiger partial charge in [-0.3, -0.25) is 9.10 Å². The Labute approximate surface area is 209 Å². The molecule has 0 heterocycles. The molecule has 0 spiro atoms. The van der Waals surface area contributed by atoms with Gasteiger partial charge in [0.2, 0.25) is 5.91 Å². The molecule has 8 heteroatoms. The number of sulfonamides is 1. The van der Waals surface area contributed by atoms with Gasteiger partial charge in [0, 0.05) is 3.57 Å². The third-order valence-electron chi connectivity index (χ3n) is 5.30. The van der Waals surface area contributed by atoms with Crippen LogP contribution in [0.5, 0.6) is 5.75 Å². The maximum atomic E-state index is 13.4. The van der Waals surface area contributed by atoms with Gasteiger partial charge in [-0.15, -0.1) is 0 Å². The number of amides is 1. The van der Waals surface area contributed by atoms with Gasteiger partial charge < -0.3 is 10.1 Å². The molecule has 3 rings (SSSR count). The summed E-state index contributed by atoms with van der Waals surface area (Å²) in [4.78, 5) is 13.2. The molecule has 1 N–H and O–H groups in total. The van der Waals surface area contributed by atoms with E-state index in [-0.39, 0.29) is 23.4 Å². The van der Waals surface area contributed by atoms with E-state index in [1.54, 1.807) is 37.4 Å². The number of benzene rings is 3. The fourth-order valence-corrected chi connectivity index (χ4v) is 5.35. The van der Waals surface area contributed by atoms with Gasteiger partial charge in [-0.25, -0.2) is 8.42 Å². The lowest BCUT2D eigenvalue weighted by Gasteiger charge is -2.26. The lowest BCUT2D eigenvalue weighted by atomic mass is 10.0. The van der Waals surface area contributed by atoms with E-state index >= 15 is 0 Å². The molecule has 1 atom stereocenters. The van der Waals surface area contributed by atoms with Crippen molar-refractivity contribution in [3.8, 4) is 5.75 Å². The molecule has 3 aromatic carbocycles. The molecule has 1 amide bonds. The Morgan fingerprint density at radius 3 is 2.30 bits per heavy atom. The van der Waals surface area contributed by atoms with Crippen molar-refractivity contribution < 1.29 is 17.9 Å². The topological polar surface area (TPSA) is 75.7 Å². The smallest absolute Gasteiger partial charge is 0.264 e. The van der Waals surface area contributed by atoms with Gasteiger partial charge in [0.05, 0.1) is 23.7 Å². The van der Waals surface area contributed by atoms with Gasteiger partial charge in [-0.2, -0.15) is 0 Å². The molecule has 0 aliphatic heterocycles. The summed E-state index contributed by atoms with van der Waals surface area (Å²) in [5, 5.41) is 3.00. The highest BCUT2D eigenvalue weighted by atomic mass is 127. The van der Waals surface area contributed by atoms with Crippen molar-refractivity contribution in [2.75, 3.05) is 18.0 Å². The highest BCUT2D eigenvalue weighted by Gasteiger charge is 2.28. The van der Waals surface area contributed by atoms with E-state index in [0.717, 1.165) is 24.8 Å². The minimum Gasteiger partial charge on any atom is -0.496 e. The summed E-state index contributed by atoms with van der Waals surface area (Å²) in [6, 6.07) is 20.7. The summed E-state index contributed by atoms with van der Waals surface area (Å²) in [7, 11) is -2.31. The molecule has 0 aromatic heterocycles. The molecule has 0 radical (unpaired) electrons. The first-order valence-electron chi connectivity index (χ1n) is 10.5. The van der Waals surface area contributed by atoms with Crippen LogP contribution in [0.1, 0.15) is 30.5 Å². The standard InChI is InChI=1S/C25H27IN2O4S/c1-4-23(19-10-15-24(32-3)18(2)16-19)27-25(29)17-28(21-13-11-20(26)12-14-21)33(30,31)22-8-6-5-7-9-22/h5-16,23H,4,17H2,1-3H3,(H,27,29). The number of hydrogen-bond donors (Lipinski definition) is 1. The second-order valence-corrected chi connectivity index (χ2v) is 10.7. The number of aryl methyl sites for hydroxylation is 1. The van der Waals surface area contributed by atoms with Crippen LogP contribution in [0.15, 0.2) is 77.7 Å². The van der Waals surface area contributed by atoms with Crippen LogP contribution in [0.25, 0.3) is 0 Å². The zero-order chi connectivity index (χ0) is 24.0. The second-order valence-electron chi connectivity index (χ2n) is 7.56. The first kappa shape index (κ1) is 25.0. The van der Waals surface area contributed by atoms with Gasteiger partial charge in [0.15, 0.2) is 0 Å². The first-order valence-corrected chi connectivity index (χ1v) is 13.1. The summed E-state index contributed by atoms with van der Waals surface area (Å²) >= 11 is 2.16. The molecule has 1 unspecified atom stereocenters. The Morgan fingerprint density at radius 2 is 1.73 bits per heavy atom. The number of rotatable bonds is 9. The molecule has 0 saturated carbocycles. The Bertz CT molecular complexity index is 1200. The Morgan fingerprint density at radius 1 is 1.06 bits per heavy atom. The van der Waals surface area contributed by atoms with E-state index in [0.29, 0.717) is 12.1 Å². The van der Waals surface area contributed by atoms with Gasteiger partial charge in [-0.1, -0.05) is 37.3 Å². The van der Waals surface area contributed by atoms with E-state index < -0.39 is 10.0 Å². The molecule has 0 saturated heterocycles. The number of nitrogens with one attached hydrogen (secondary N) is 1. The Hall–Kier alpha value is -2.59. The van der Waals surface area contributed by atoms with Crippen molar-refractivity contribution >= 4 is 44.2 Å². The Balaban J connectivity index is 1.88. The normalized spacial score (nSPS) is 12.1. The van der Waals surface area contributed by atoms with Crippen LogP contribution in [-0.2, 0) is 14.8 Å². The van der Waals surface area contributed by atoms with Crippen molar-refractivity contribution in [3.05, 3.63) is 87.5 Å². The summed E-state index contributed by atoms with van der Waals surface area (Å²) in [5.41, 5.74) is 2.34. The number of carbonyl (C=O) groups excluding carboxylic acids is 1. The second kappa shape index (κ2) is 11.0. The van der Waals surface area contributed by atoms with E-state index in [2.05, 4.69) is 27.9 Å². The zero-order valence-corrected chi connectivity index (χ0v) is 21.8. The maximum Gasteiger partial charge on any atom is 0.264 e. The lowest BCUT2D eigenvalue weighted by Crippen LogP contribution is -2.42. The van der Waals surface area contributed by atoms with Crippen molar-refractivity contribution in [1.82, 2.24) is 5.32 Å². The minimum atomic E-state index is -3.93. The average molecular weight is 578 g/mol. The summed E-state index contributed by atoms with van der Waals surface area (Å²) < 4.78 is 34.3. The summed E-state index contributed by atoms with van der Waals surface area (Å²) in [6.45, 7) is 3.59. The predicted molar refractivity (Wildman–Crippen MR) is 139 cm³/mol. The van der Waals surface area contributed by atoms with E-state index in [1.807, 2.05) is 44.2 Å². The highest BCUT2D eigenvalue weighted by Crippen LogP contribution is 2.26. The molecule has 6 nitrogen and oxygen atoms in total. The summed E-state index contributed by atoms with van der Waals surface area (Å²) in [6.07, 6.45) is 0.659. The zero-order valence-electron chi connectivity index (χ0n) is 18.8. The molecular weight excluding hydrogens is 551 g/mol. The van der Waals surface area contributed by atoms with Crippen LogP contribution >= 0.6 is 22.6 Å². The number of nitrogens with zero attached hydrogens (tertiary/aromatic N) is 1. The van der Waals surface area contributed by atoms with Crippen LogP contribution in [0.4, 0.5) is 5.69 Å². The van der Waals surface area contributed by atoms with Crippen molar-refractivity contribution in [2.45, 2.75) is 31.2 Å². The monoisotopic (exact) mass is 578 g/mol. The number of carbonyl (C=O) groups is 1. The van der Waals surface area contributed by atoms with Crippen LogP contribution in [0.2, 0.25) is 0 Å². The van der Waals surface area contributed by atoms with Crippen LogP contribution < -0.4 is 14.4 Å². The number of hydrogen-bond acceptors (Lipinski definition) is 4. The first-order chi connectivity index (χ1) is 15.8. The van der Waals surface area contributed by atoms with Gasteiger partial charge >= 0.3 is 0 Å². The van der Waals surface area contributed by atoms with E-state index in [9.17, 15) is 13.2 Å². The summed E-state index contributed by atoms with van der Waals surface area (Å²) in [5.74, 6) is 0.396. The molecule has 0 aliphatic rings. The molecule has 3 aromatic rings. The van der Waals surface area contributed by atoms with Crippen LogP contribution in [-0.4, -0.2) is 28.0 Å². The van der Waals surface area contributed by atoms with Crippen LogP contribution in [0.3, 0.4) is 0 Å². The van der Waals surface area contributed by atoms with Gasteiger partial charge in [0.1, 0.15) is 12.3 Å². The molecule has 0 aliphatic carbocycles. The third-order valence-corrected chi connectivity index (χ3v) is 7.81. The number of ether oxygens (including phenoxy) is 1. The predicted octanol–water partition coefficient (Wildman–Crippen LogP) is 5.07. The quantitative estimate of drug-likeness (QED) is 0.360. The number of halogens is 1. The van der Waals surface area contributed by atoms with Gasteiger partial charge in [-0.05, 0) is 89.5 Å². The third kappa shape index (κ3) is 6.05. The van der Waals surface area contributed by atoms with E-state index in [1.165, 1.54) is 12.1 Å². The molecule has 33 heavy (non-hydrogen) atoms. The molecule has 174 valence electrons. The fraction of sp³-hybridized carbons (Fsp3) is 0.240. The van der Waals surface area contributed by atoms with Crippen molar-refractivity contribution in [1.29, 1.82) is 0 Å².